The molecule has 2 bridgehead atoms. The van der Waals surface area contributed by atoms with E-state index in [2.05, 4.69) is 0 Å². The van der Waals surface area contributed by atoms with Gasteiger partial charge in [-0.1, -0.05) is 0 Å². The molecule has 6 heteroatoms. The number of carboxylic acids is 1. The quantitative estimate of drug-likeness (QED) is 0.787. The van der Waals surface area contributed by atoms with Crippen LogP contribution in [0.5, 0.6) is 0 Å². The summed E-state index contributed by atoms with van der Waals surface area (Å²) < 4.78 is 4.92. The summed E-state index contributed by atoms with van der Waals surface area (Å²) in [5.74, 6) is -1.89. The molecule has 2 atom stereocenters. The monoisotopic (exact) mass is 255 g/mol. The lowest BCUT2D eigenvalue weighted by molar-refractivity contribution is -0.148. The molecule has 6 nitrogen and oxygen atoms in total. The Morgan fingerprint density at radius 2 is 1.89 bits per heavy atom. The molecule has 1 aliphatic carbocycles. The third-order valence-corrected chi connectivity index (χ3v) is 3.70. The number of fused-ring (bicyclic) bond motifs is 2. The Morgan fingerprint density at radius 3 is 2.33 bits per heavy atom. The topological polar surface area (TPSA) is 83.9 Å². The highest BCUT2D eigenvalue weighted by Gasteiger charge is 2.45. The van der Waals surface area contributed by atoms with E-state index in [0.29, 0.717) is 19.4 Å². The van der Waals surface area contributed by atoms with Gasteiger partial charge in [0.05, 0.1) is 12.5 Å². The number of ketones is 1. The Bertz CT molecular complexity index is 363. The second kappa shape index (κ2) is 4.96. The number of aliphatic carboxylic acids is 1. The average Bonchev–Trinajstić information content (AvgIpc) is 2.28. The van der Waals surface area contributed by atoms with Gasteiger partial charge in [-0.25, -0.2) is 4.79 Å². The minimum Gasteiger partial charge on any atom is -0.481 e. The summed E-state index contributed by atoms with van der Waals surface area (Å²) in [5, 5.41) is 9.02. The van der Waals surface area contributed by atoms with Gasteiger partial charge >= 0.3 is 12.1 Å². The van der Waals surface area contributed by atoms with Crippen LogP contribution >= 0.6 is 0 Å². The van der Waals surface area contributed by atoms with Crippen LogP contribution in [0.3, 0.4) is 0 Å². The van der Waals surface area contributed by atoms with Gasteiger partial charge in [-0.05, 0) is 19.8 Å². The molecule has 2 unspecified atom stereocenters. The summed E-state index contributed by atoms with van der Waals surface area (Å²) >= 11 is 0. The van der Waals surface area contributed by atoms with Crippen LogP contribution in [0, 0.1) is 17.8 Å². The van der Waals surface area contributed by atoms with Gasteiger partial charge < -0.3 is 14.7 Å². The van der Waals surface area contributed by atoms with Gasteiger partial charge in [0.25, 0.3) is 0 Å². The number of likely N-dealkylation sites (tertiary alicyclic amines) is 1. The zero-order valence-electron chi connectivity index (χ0n) is 10.3. The van der Waals surface area contributed by atoms with Crippen molar-refractivity contribution < 1.29 is 24.2 Å². The SMILES string of the molecule is CCOC(=O)N1CC2CC(C(=O)O)CC(C1)C2=O. The van der Waals surface area contributed by atoms with Gasteiger partial charge in [0.2, 0.25) is 0 Å². The maximum absolute atomic E-state index is 11.9. The maximum atomic E-state index is 11.9. The molecule has 100 valence electrons. The summed E-state index contributed by atoms with van der Waals surface area (Å²) in [5.41, 5.74) is 0. The highest BCUT2D eigenvalue weighted by molar-refractivity contribution is 5.88. The van der Waals surface area contributed by atoms with E-state index in [0.717, 1.165) is 0 Å². The number of hydrogen-bond donors (Lipinski definition) is 1. The van der Waals surface area contributed by atoms with Crippen molar-refractivity contribution in [3.8, 4) is 0 Å². The van der Waals surface area contributed by atoms with Crippen molar-refractivity contribution in [1.82, 2.24) is 4.90 Å². The fourth-order valence-corrected chi connectivity index (χ4v) is 2.85. The van der Waals surface area contributed by atoms with Crippen molar-refractivity contribution in [2.45, 2.75) is 19.8 Å². The number of Topliss-reactive ketones (excluding diaryl/α,β-unsaturated/α-hetero) is 1. The minimum absolute atomic E-state index is 0.105. The van der Waals surface area contributed by atoms with E-state index < -0.39 is 18.0 Å². The predicted molar refractivity (Wildman–Crippen MR) is 60.9 cm³/mol. The molecule has 1 saturated carbocycles. The van der Waals surface area contributed by atoms with Crippen LogP contribution in [-0.4, -0.2) is 47.5 Å². The van der Waals surface area contributed by atoms with Crippen molar-refractivity contribution in [3.05, 3.63) is 0 Å². The number of amides is 1. The smallest absolute Gasteiger partial charge is 0.409 e. The highest BCUT2D eigenvalue weighted by Crippen LogP contribution is 2.35. The first-order valence-electron chi connectivity index (χ1n) is 6.21. The Balaban J connectivity index is 2.06. The number of hydrogen-bond acceptors (Lipinski definition) is 4. The molecule has 1 aliphatic heterocycles. The van der Waals surface area contributed by atoms with Crippen LogP contribution in [0.4, 0.5) is 4.79 Å². The zero-order valence-corrected chi connectivity index (χ0v) is 10.3. The standard InChI is InChI=1S/C12H17NO5/c1-2-18-12(17)13-5-8-3-7(11(15)16)4-9(6-13)10(8)14/h7-9H,2-6H2,1H3,(H,15,16). The van der Waals surface area contributed by atoms with E-state index in [1.807, 2.05) is 0 Å². The Morgan fingerprint density at radius 1 is 1.33 bits per heavy atom. The Hall–Kier alpha value is -1.59. The van der Waals surface area contributed by atoms with E-state index in [1.165, 1.54) is 4.90 Å². The number of rotatable bonds is 2. The van der Waals surface area contributed by atoms with Crippen LogP contribution in [0.2, 0.25) is 0 Å². The fraction of sp³-hybridized carbons (Fsp3) is 0.750. The lowest BCUT2D eigenvalue weighted by Gasteiger charge is -2.41. The maximum Gasteiger partial charge on any atom is 0.409 e. The summed E-state index contributed by atoms with van der Waals surface area (Å²) in [6, 6.07) is 0. The molecule has 2 rings (SSSR count). The van der Waals surface area contributed by atoms with Crippen molar-refractivity contribution in [2.75, 3.05) is 19.7 Å². The molecular weight excluding hydrogens is 238 g/mol. The molecule has 0 aromatic heterocycles. The van der Waals surface area contributed by atoms with E-state index in [4.69, 9.17) is 9.84 Å². The highest BCUT2D eigenvalue weighted by atomic mass is 16.6. The summed E-state index contributed by atoms with van der Waals surface area (Å²) in [7, 11) is 0. The molecule has 0 spiro atoms. The number of carbonyl (C=O) groups is 3. The van der Waals surface area contributed by atoms with Gasteiger partial charge in [-0.2, -0.15) is 0 Å². The van der Waals surface area contributed by atoms with Gasteiger partial charge in [-0.15, -0.1) is 0 Å². The number of nitrogens with zero attached hydrogens (tertiary/aromatic N) is 1. The van der Waals surface area contributed by atoms with Crippen LogP contribution in [0.25, 0.3) is 0 Å². The minimum atomic E-state index is -0.845. The normalized spacial score (nSPS) is 31.1. The molecule has 2 aliphatic rings. The summed E-state index contributed by atoms with van der Waals surface area (Å²) in [4.78, 5) is 36.1. The number of carboxylic acid groups (broad SMARTS) is 1. The van der Waals surface area contributed by atoms with Crippen LogP contribution < -0.4 is 0 Å². The molecular formula is C12H17NO5. The van der Waals surface area contributed by atoms with E-state index in [9.17, 15) is 14.4 Å². The lowest BCUT2D eigenvalue weighted by Crippen LogP contribution is -2.53. The number of piperidine rings is 1. The van der Waals surface area contributed by atoms with Crippen molar-refractivity contribution in [1.29, 1.82) is 0 Å². The summed E-state index contributed by atoms with van der Waals surface area (Å²) in [6.07, 6.45) is 0.259. The molecule has 0 radical (unpaired) electrons. The van der Waals surface area contributed by atoms with E-state index in [1.54, 1.807) is 6.92 Å². The van der Waals surface area contributed by atoms with Crippen LogP contribution in [-0.2, 0) is 14.3 Å². The first kappa shape index (κ1) is 12.9. The molecule has 0 aromatic rings. The Labute approximate surface area is 105 Å². The molecule has 0 aromatic carbocycles. The van der Waals surface area contributed by atoms with Crippen LogP contribution in [0.15, 0.2) is 0 Å². The predicted octanol–water partition coefficient (Wildman–Crippen LogP) is 0.755. The lowest BCUT2D eigenvalue weighted by atomic mass is 9.71. The second-order valence-electron chi connectivity index (χ2n) is 4.91. The van der Waals surface area contributed by atoms with Gasteiger partial charge in [0, 0.05) is 24.9 Å². The van der Waals surface area contributed by atoms with Gasteiger partial charge in [0.15, 0.2) is 0 Å². The third-order valence-electron chi connectivity index (χ3n) is 3.70. The number of ether oxygens (including phenoxy) is 1. The van der Waals surface area contributed by atoms with E-state index >= 15 is 0 Å². The molecule has 1 N–H and O–H groups in total. The van der Waals surface area contributed by atoms with E-state index in [-0.39, 0.29) is 30.7 Å². The molecule has 2 fully saturated rings. The van der Waals surface area contributed by atoms with Crippen molar-refractivity contribution >= 4 is 17.8 Å². The van der Waals surface area contributed by atoms with Crippen LogP contribution in [0.1, 0.15) is 19.8 Å². The summed E-state index contributed by atoms with van der Waals surface area (Å²) in [6.45, 7) is 2.61. The molecule has 1 saturated heterocycles. The largest absolute Gasteiger partial charge is 0.481 e. The van der Waals surface area contributed by atoms with Crippen molar-refractivity contribution in [3.63, 3.8) is 0 Å². The van der Waals surface area contributed by atoms with Gasteiger partial charge in [-0.3, -0.25) is 9.59 Å². The number of carbonyl (C=O) groups excluding carboxylic acids is 2. The molecule has 1 heterocycles. The second-order valence-corrected chi connectivity index (χ2v) is 4.91. The first-order valence-corrected chi connectivity index (χ1v) is 6.21. The van der Waals surface area contributed by atoms with Gasteiger partial charge in [0.1, 0.15) is 5.78 Å². The Kier molecular flexibility index (Phi) is 3.54. The molecule has 18 heavy (non-hydrogen) atoms. The first-order chi connectivity index (χ1) is 8.52. The zero-order chi connectivity index (χ0) is 13.3. The molecule has 1 amide bonds. The fourth-order valence-electron chi connectivity index (χ4n) is 2.85. The average molecular weight is 255 g/mol. The third kappa shape index (κ3) is 2.32. The van der Waals surface area contributed by atoms with Crippen molar-refractivity contribution in [2.24, 2.45) is 17.8 Å².